The summed E-state index contributed by atoms with van der Waals surface area (Å²) in [5.41, 5.74) is 0.0362. The van der Waals surface area contributed by atoms with E-state index in [0.717, 1.165) is 13.0 Å². The number of hydrogen-bond donors (Lipinski definition) is 1. The summed E-state index contributed by atoms with van der Waals surface area (Å²) in [6, 6.07) is 7.00. The highest BCUT2D eigenvalue weighted by Gasteiger charge is 2.15. The van der Waals surface area contributed by atoms with Gasteiger partial charge in [0.15, 0.2) is 5.75 Å². The van der Waals surface area contributed by atoms with Crippen molar-refractivity contribution in [3.8, 4) is 5.75 Å². The predicted molar refractivity (Wildman–Crippen MR) is 68.9 cm³/mol. The van der Waals surface area contributed by atoms with Crippen LogP contribution in [0.3, 0.4) is 0 Å². The van der Waals surface area contributed by atoms with Crippen LogP contribution in [0, 0.1) is 10.1 Å². The fraction of sp³-hybridized carbons (Fsp3) is 0.538. The van der Waals surface area contributed by atoms with Gasteiger partial charge in [-0.3, -0.25) is 10.1 Å². The Morgan fingerprint density at radius 3 is 2.94 bits per heavy atom. The van der Waals surface area contributed by atoms with Crippen LogP contribution in [-0.2, 0) is 0 Å². The Balaban J connectivity index is 1.84. The Kier molecular flexibility index (Phi) is 4.52. The first kappa shape index (κ1) is 12.8. The van der Waals surface area contributed by atoms with Crippen LogP contribution in [0.5, 0.6) is 5.75 Å². The van der Waals surface area contributed by atoms with Crippen molar-refractivity contribution in [1.29, 1.82) is 0 Å². The Bertz CT molecular complexity index is 403. The van der Waals surface area contributed by atoms with Crippen LogP contribution in [0.15, 0.2) is 24.3 Å². The predicted octanol–water partition coefficient (Wildman–Crippen LogP) is 2.51. The van der Waals surface area contributed by atoms with Crippen molar-refractivity contribution in [2.24, 2.45) is 0 Å². The number of ether oxygens (including phenoxy) is 1. The Morgan fingerprint density at radius 2 is 2.22 bits per heavy atom. The standard InChI is InChI=1S/C13H18N2O3/c16-15(17)12-6-1-2-7-13(12)18-10-8-11-5-3-4-9-14-11/h1-2,6-7,11,14H,3-5,8-10H2/t11-/m1/s1. The molecule has 0 amide bonds. The maximum Gasteiger partial charge on any atom is 0.310 e. The van der Waals surface area contributed by atoms with Gasteiger partial charge in [-0.05, 0) is 31.9 Å². The number of rotatable bonds is 5. The van der Waals surface area contributed by atoms with E-state index >= 15 is 0 Å². The average molecular weight is 250 g/mol. The van der Waals surface area contributed by atoms with Crippen molar-refractivity contribution < 1.29 is 9.66 Å². The highest BCUT2D eigenvalue weighted by atomic mass is 16.6. The molecule has 2 rings (SSSR count). The zero-order valence-electron chi connectivity index (χ0n) is 10.3. The van der Waals surface area contributed by atoms with Gasteiger partial charge in [0.05, 0.1) is 11.5 Å². The molecular weight excluding hydrogens is 232 g/mol. The summed E-state index contributed by atoms with van der Waals surface area (Å²) < 4.78 is 5.52. The van der Waals surface area contributed by atoms with E-state index in [4.69, 9.17) is 4.74 Å². The van der Waals surface area contributed by atoms with E-state index in [1.54, 1.807) is 18.2 Å². The van der Waals surface area contributed by atoms with E-state index in [-0.39, 0.29) is 5.69 Å². The van der Waals surface area contributed by atoms with Crippen molar-refractivity contribution in [2.45, 2.75) is 31.7 Å². The fourth-order valence-electron chi connectivity index (χ4n) is 2.21. The lowest BCUT2D eigenvalue weighted by Crippen LogP contribution is -2.35. The SMILES string of the molecule is O=[N+]([O-])c1ccccc1OCC[C@H]1CCCCN1. The molecule has 0 bridgehead atoms. The quantitative estimate of drug-likeness (QED) is 0.644. The minimum atomic E-state index is -0.409. The van der Waals surface area contributed by atoms with Gasteiger partial charge >= 0.3 is 5.69 Å². The van der Waals surface area contributed by atoms with E-state index in [0.29, 0.717) is 18.4 Å². The van der Waals surface area contributed by atoms with E-state index in [1.165, 1.54) is 25.3 Å². The number of nitro benzene ring substituents is 1. The number of para-hydroxylation sites is 2. The van der Waals surface area contributed by atoms with Gasteiger partial charge in [0, 0.05) is 12.1 Å². The summed E-state index contributed by atoms with van der Waals surface area (Å²) in [6.45, 7) is 1.58. The molecule has 1 heterocycles. The third-order valence-electron chi connectivity index (χ3n) is 3.20. The number of nitrogens with zero attached hydrogens (tertiary/aromatic N) is 1. The van der Waals surface area contributed by atoms with Crippen molar-refractivity contribution >= 4 is 5.69 Å². The Hall–Kier alpha value is -1.62. The largest absolute Gasteiger partial charge is 0.487 e. The summed E-state index contributed by atoms with van der Waals surface area (Å²) in [5, 5.41) is 14.2. The minimum absolute atomic E-state index is 0.0362. The van der Waals surface area contributed by atoms with Crippen LogP contribution in [-0.4, -0.2) is 24.1 Å². The molecule has 5 heteroatoms. The van der Waals surface area contributed by atoms with Crippen molar-refractivity contribution in [2.75, 3.05) is 13.2 Å². The summed E-state index contributed by atoms with van der Waals surface area (Å²) >= 11 is 0. The molecule has 0 unspecified atom stereocenters. The summed E-state index contributed by atoms with van der Waals surface area (Å²) in [4.78, 5) is 10.4. The monoisotopic (exact) mass is 250 g/mol. The Labute approximate surface area is 106 Å². The highest BCUT2D eigenvalue weighted by molar-refractivity contribution is 5.45. The maximum absolute atomic E-state index is 10.8. The normalized spacial score (nSPS) is 19.4. The van der Waals surface area contributed by atoms with Crippen LogP contribution in [0.4, 0.5) is 5.69 Å². The van der Waals surface area contributed by atoms with Crippen molar-refractivity contribution in [3.63, 3.8) is 0 Å². The van der Waals surface area contributed by atoms with Gasteiger partial charge in [0.25, 0.3) is 0 Å². The lowest BCUT2D eigenvalue weighted by atomic mass is 10.0. The van der Waals surface area contributed by atoms with Crippen LogP contribution in [0.2, 0.25) is 0 Å². The molecule has 1 N–H and O–H groups in total. The van der Waals surface area contributed by atoms with E-state index < -0.39 is 4.92 Å². The van der Waals surface area contributed by atoms with Crippen LogP contribution < -0.4 is 10.1 Å². The summed E-state index contributed by atoms with van der Waals surface area (Å²) in [7, 11) is 0. The summed E-state index contributed by atoms with van der Waals surface area (Å²) in [6.07, 6.45) is 4.55. The molecule has 0 aromatic heterocycles. The Morgan fingerprint density at radius 1 is 1.39 bits per heavy atom. The molecule has 1 fully saturated rings. The molecule has 0 spiro atoms. The molecule has 98 valence electrons. The number of hydrogen-bond acceptors (Lipinski definition) is 4. The highest BCUT2D eigenvalue weighted by Crippen LogP contribution is 2.26. The van der Waals surface area contributed by atoms with Crippen molar-refractivity contribution in [3.05, 3.63) is 34.4 Å². The lowest BCUT2D eigenvalue weighted by Gasteiger charge is -2.23. The molecule has 1 aliphatic rings. The first-order valence-electron chi connectivity index (χ1n) is 6.37. The molecule has 0 aliphatic carbocycles. The third-order valence-corrected chi connectivity index (χ3v) is 3.20. The molecule has 18 heavy (non-hydrogen) atoms. The van der Waals surface area contributed by atoms with Gasteiger partial charge in [-0.2, -0.15) is 0 Å². The first-order valence-corrected chi connectivity index (χ1v) is 6.37. The van der Waals surface area contributed by atoms with Gasteiger partial charge in [-0.25, -0.2) is 0 Å². The maximum atomic E-state index is 10.8. The second-order valence-electron chi connectivity index (χ2n) is 4.51. The van der Waals surface area contributed by atoms with Crippen LogP contribution in [0.1, 0.15) is 25.7 Å². The van der Waals surface area contributed by atoms with Gasteiger partial charge < -0.3 is 10.1 Å². The third kappa shape index (κ3) is 3.43. The molecule has 1 atom stereocenters. The number of nitrogens with one attached hydrogen (secondary N) is 1. The van der Waals surface area contributed by atoms with Gasteiger partial charge in [0.2, 0.25) is 0 Å². The van der Waals surface area contributed by atoms with E-state index in [1.807, 2.05) is 0 Å². The zero-order chi connectivity index (χ0) is 12.8. The van der Waals surface area contributed by atoms with Gasteiger partial charge in [-0.15, -0.1) is 0 Å². The molecule has 1 saturated heterocycles. The number of nitro groups is 1. The molecule has 0 radical (unpaired) electrons. The van der Waals surface area contributed by atoms with E-state index in [2.05, 4.69) is 5.32 Å². The average Bonchev–Trinajstić information content (AvgIpc) is 2.40. The number of piperidine rings is 1. The number of benzene rings is 1. The fourth-order valence-corrected chi connectivity index (χ4v) is 2.21. The lowest BCUT2D eigenvalue weighted by molar-refractivity contribution is -0.385. The summed E-state index contributed by atoms with van der Waals surface area (Å²) in [5.74, 6) is 0.360. The molecular formula is C13H18N2O3. The molecule has 1 aromatic rings. The first-order chi connectivity index (χ1) is 8.77. The minimum Gasteiger partial charge on any atom is -0.487 e. The molecule has 5 nitrogen and oxygen atoms in total. The zero-order valence-corrected chi connectivity index (χ0v) is 10.3. The molecule has 1 aliphatic heterocycles. The van der Waals surface area contributed by atoms with Gasteiger partial charge in [-0.1, -0.05) is 18.6 Å². The molecule has 1 aromatic carbocycles. The smallest absolute Gasteiger partial charge is 0.310 e. The van der Waals surface area contributed by atoms with Crippen LogP contribution in [0.25, 0.3) is 0 Å². The van der Waals surface area contributed by atoms with E-state index in [9.17, 15) is 10.1 Å². The van der Waals surface area contributed by atoms with Gasteiger partial charge in [0.1, 0.15) is 0 Å². The second-order valence-corrected chi connectivity index (χ2v) is 4.51. The second kappa shape index (κ2) is 6.35. The van der Waals surface area contributed by atoms with Crippen molar-refractivity contribution in [1.82, 2.24) is 5.32 Å². The topological polar surface area (TPSA) is 64.4 Å². The molecule has 0 saturated carbocycles. The van der Waals surface area contributed by atoms with Crippen LogP contribution >= 0.6 is 0 Å².